The van der Waals surface area contributed by atoms with Gasteiger partial charge in [0.15, 0.2) is 0 Å². The van der Waals surface area contributed by atoms with Gasteiger partial charge in [0.2, 0.25) is 0 Å². The first-order chi connectivity index (χ1) is 4.18. The van der Waals surface area contributed by atoms with Gasteiger partial charge in [-0.2, -0.15) is 0 Å². The van der Waals surface area contributed by atoms with Gasteiger partial charge in [-0.15, -0.1) is 0 Å². The van der Waals surface area contributed by atoms with Crippen LogP contribution in [0.3, 0.4) is 0 Å². The Bertz CT molecular complexity index is 41.9. The van der Waals surface area contributed by atoms with E-state index in [1.54, 1.807) is 6.92 Å². The molecule has 4 N–H and O–H groups in total. The largest absolute Gasteiger partial charge is 0.391 e. The molecule has 58 valence electrons. The average Bonchev–Trinajstić information content (AvgIpc) is 1.67. The van der Waals surface area contributed by atoms with Crippen molar-refractivity contribution in [3.63, 3.8) is 0 Å². The number of hydrogen-bond acceptors (Lipinski definition) is 4. The fourth-order valence-corrected chi connectivity index (χ4v) is 0.139. The smallest absolute Gasteiger partial charge is 0.0935 e. The molecule has 4 nitrogen and oxygen atoms in total. The van der Waals surface area contributed by atoms with E-state index >= 15 is 0 Å². The molecule has 1 atom stereocenters. The maximum absolute atomic E-state index is 8.35. The molecule has 9 heavy (non-hydrogen) atoms. The summed E-state index contributed by atoms with van der Waals surface area (Å²) in [5.41, 5.74) is 0. The van der Waals surface area contributed by atoms with Gasteiger partial charge in [0.25, 0.3) is 0 Å². The minimum atomic E-state index is -0.449. The third-order valence-corrected chi connectivity index (χ3v) is 0.337. The van der Waals surface area contributed by atoms with E-state index in [-0.39, 0.29) is 6.61 Å². The van der Waals surface area contributed by atoms with Gasteiger partial charge < -0.3 is 15.3 Å². The highest BCUT2D eigenvalue weighted by Gasteiger charge is 1.88. The van der Waals surface area contributed by atoms with Gasteiger partial charge in [-0.3, -0.25) is 0 Å². The van der Waals surface area contributed by atoms with Crippen LogP contribution in [0.2, 0.25) is 0 Å². The van der Waals surface area contributed by atoms with Crippen molar-refractivity contribution in [2.45, 2.75) is 13.0 Å². The van der Waals surface area contributed by atoms with Crippen LogP contribution < -0.4 is 11.2 Å². The van der Waals surface area contributed by atoms with Crippen molar-refractivity contribution >= 4 is 0 Å². The number of rotatable bonds is 2. The number of aliphatic hydroxyl groups excluding tert-OH is 1. The topological polar surface area (TPSA) is 67.5 Å². The van der Waals surface area contributed by atoms with E-state index in [1.165, 1.54) is 0 Å². The lowest BCUT2D eigenvalue weighted by Crippen LogP contribution is -2.13. The molecule has 0 aliphatic rings. The van der Waals surface area contributed by atoms with Gasteiger partial charge in [-0.25, -0.2) is 5.90 Å². The molecule has 0 spiro atoms. The van der Waals surface area contributed by atoms with Crippen LogP contribution in [0.1, 0.15) is 6.92 Å². The first kappa shape index (κ1) is 11.6. The standard InChI is InChI=1S/C3H9NO2.C2H7N/c1-3(5)2-6-4;1-3-2/h3,5H,2,4H2,1H3;3H,1-2H3. The third-order valence-electron chi connectivity index (χ3n) is 0.337. The minimum Gasteiger partial charge on any atom is -0.391 e. The van der Waals surface area contributed by atoms with Crippen molar-refractivity contribution < 1.29 is 9.94 Å². The van der Waals surface area contributed by atoms with E-state index in [2.05, 4.69) is 16.1 Å². The summed E-state index contributed by atoms with van der Waals surface area (Å²) in [7, 11) is 3.75. The van der Waals surface area contributed by atoms with Crippen molar-refractivity contribution in [3.8, 4) is 0 Å². The number of nitrogens with two attached hydrogens (primary N) is 1. The zero-order chi connectivity index (χ0) is 7.70. The first-order valence-corrected chi connectivity index (χ1v) is 2.77. The minimum absolute atomic E-state index is 0.208. The Labute approximate surface area is 56.0 Å². The van der Waals surface area contributed by atoms with Crippen molar-refractivity contribution in [3.05, 3.63) is 0 Å². The molecule has 0 amide bonds. The lowest BCUT2D eigenvalue weighted by atomic mass is 10.5. The van der Waals surface area contributed by atoms with Crippen LogP contribution >= 0.6 is 0 Å². The van der Waals surface area contributed by atoms with E-state index in [4.69, 9.17) is 5.11 Å². The van der Waals surface area contributed by atoms with Crippen molar-refractivity contribution in [2.75, 3.05) is 20.7 Å². The molecule has 0 fully saturated rings. The Morgan fingerprint density at radius 2 is 2.00 bits per heavy atom. The fraction of sp³-hybridized carbons (Fsp3) is 1.00. The monoisotopic (exact) mass is 136 g/mol. The Morgan fingerprint density at radius 3 is 2.00 bits per heavy atom. The van der Waals surface area contributed by atoms with Gasteiger partial charge >= 0.3 is 0 Å². The van der Waals surface area contributed by atoms with Gasteiger partial charge in [-0.1, -0.05) is 0 Å². The SMILES string of the molecule is CC(O)CON.CNC. The van der Waals surface area contributed by atoms with E-state index in [0.29, 0.717) is 0 Å². The molecule has 0 heterocycles. The van der Waals surface area contributed by atoms with Crippen LogP contribution in [0, 0.1) is 0 Å². The molecule has 0 saturated heterocycles. The molecule has 0 radical (unpaired) electrons. The predicted octanol–water partition coefficient (Wildman–Crippen LogP) is -0.907. The van der Waals surface area contributed by atoms with Gasteiger partial charge in [0.1, 0.15) is 0 Å². The van der Waals surface area contributed by atoms with Crippen LogP contribution in [-0.4, -0.2) is 31.9 Å². The van der Waals surface area contributed by atoms with E-state index in [9.17, 15) is 0 Å². The molecular formula is C5H16N2O2. The molecule has 0 aromatic rings. The maximum Gasteiger partial charge on any atom is 0.0935 e. The average molecular weight is 136 g/mol. The summed E-state index contributed by atoms with van der Waals surface area (Å²) in [5, 5.41) is 11.1. The second-order valence-electron chi connectivity index (χ2n) is 1.68. The summed E-state index contributed by atoms with van der Waals surface area (Å²) < 4.78 is 0. The van der Waals surface area contributed by atoms with Gasteiger partial charge in [0, 0.05) is 0 Å². The highest BCUT2D eigenvalue weighted by molar-refractivity contribution is 4.36. The van der Waals surface area contributed by atoms with E-state index in [1.807, 2.05) is 14.1 Å². The zero-order valence-corrected chi connectivity index (χ0v) is 6.22. The quantitative estimate of drug-likeness (QED) is 0.430. The molecule has 4 heteroatoms. The summed E-state index contributed by atoms with van der Waals surface area (Å²) in [4.78, 5) is 4.05. The second kappa shape index (κ2) is 10.8. The van der Waals surface area contributed by atoms with E-state index < -0.39 is 6.10 Å². The highest BCUT2D eigenvalue weighted by Crippen LogP contribution is 1.73. The third kappa shape index (κ3) is 33.2. The highest BCUT2D eigenvalue weighted by atomic mass is 16.6. The fourth-order valence-electron chi connectivity index (χ4n) is 0.139. The molecule has 0 aliphatic heterocycles. The lowest BCUT2D eigenvalue weighted by molar-refractivity contribution is 0.0463. The van der Waals surface area contributed by atoms with Gasteiger partial charge in [0.05, 0.1) is 12.7 Å². The van der Waals surface area contributed by atoms with Crippen LogP contribution in [0.15, 0.2) is 0 Å². The maximum atomic E-state index is 8.35. The van der Waals surface area contributed by atoms with E-state index in [0.717, 1.165) is 0 Å². The number of aliphatic hydroxyl groups is 1. The molecule has 0 aliphatic carbocycles. The summed E-state index contributed by atoms with van der Waals surface area (Å²) in [6.07, 6.45) is -0.449. The van der Waals surface area contributed by atoms with Crippen LogP contribution in [-0.2, 0) is 4.84 Å². The molecule has 0 bridgehead atoms. The van der Waals surface area contributed by atoms with Crippen molar-refractivity contribution in [1.29, 1.82) is 0 Å². The summed E-state index contributed by atoms with van der Waals surface area (Å²) >= 11 is 0. The molecular weight excluding hydrogens is 120 g/mol. The molecule has 0 rings (SSSR count). The molecule has 0 aromatic carbocycles. The Hall–Kier alpha value is -0.160. The van der Waals surface area contributed by atoms with Crippen molar-refractivity contribution in [1.82, 2.24) is 5.32 Å². The Kier molecular flexibility index (Phi) is 13.9. The summed E-state index contributed by atoms with van der Waals surface area (Å²) in [6, 6.07) is 0. The van der Waals surface area contributed by atoms with Crippen LogP contribution in [0.5, 0.6) is 0 Å². The van der Waals surface area contributed by atoms with Crippen molar-refractivity contribution in [2.24, 2.45) is 5.90 Å². The summed E-state index contributed by atoms with van der Waals surface area (Å²) in [5.74, 6) is 4.57. The Balaban J connectivity index is 0. The molecule has 0 aromatic heterocycles. The van der Waals surface area contributed by atoms with Crippen LogP contribution in [0.25, 0.3) is 0 Å². The molecule has 1 unspecified atom stereocenters. The predicted molar refractivity (Wildman–Crippen MR) is 36.8 cm³/mol. The lowest BCUT2D eigenvalue weighted by Gasteiger charge is -1.96. The number of nitrogens with one attached hydrogen (secondary N) is 1. The zero-order valence-electron chi connectivity index (χ0n) is 6.22. The summed E-state index contributed by atoms with van der Waals surface area (Å²) in [6.45, 7) is 1.81. The Morgan fingerprint density at radius 1 is 1.67 bits per heavy atom. The first-order valence-electron chi connectivity index (χ1n) is 2.77. The van der Waals surface area contributed by atoms with Gasteiger partial charge in [-0.05, 0) is 21.0 Å². The normalized spacial score (nSPS) is 11.7. The molecule has 0 saturated carbocycles. The second-order valence-corrected chi connectivity index (χ2v) is 1.68. The van der Waals surface area contributed by atoms with Crippen LogP contribution in [0.4, 0.5) is 0 Å². The number of hydrogen-bond donors (Lipinski definition) is 3.